The van der Waals surface area contributed by atoms with Crippen LogP contribution in [0.3, 0.4) is 0 Å². The third-order valence-corrected chi connectivity index (χ3v) is 4.54. The summed E-state index contributed by atoms with van der Waals surface area (Å²) in [6, 6.07) is 5.88. The van der Waals surface area contributed by atoms with Crippen molar-refractivity contribution >= 4 is 11.8 Å². The molecule has 1 saturated heterocycles. The number of oxazole rings is 1. The molecule has 1 aliphatic rings. The van der Waals surface area contributed by atoms with Gasteiger partial charge < -0.3 is 14.5 Å². The minimum atomic E-state index is -0.325. The highest BCUT2D eigenvalue weighted by Gasteiger charge is 2.21. The predicted molar refractivity (Wildman–Crippen MR) is 95.0 cm³/mol. The van der Waals surface area contributed by atoms with Crippen LogP contribution in [0.1, 0.15) is 16.2 Å². The Morgan fingerprint density at radius 1 is 1.26 bits per heavy atom. The Labute approximate surface area is 154 Å². The summed E-state index contributed by atoms with van der Waals surface area (Å²) >= 11 is 0. The molecule has 0 saturated carbocycles. The monoisotopic (exact) mass is 373 g/mol. The van der Waals surface area contributed by atoms with Crippen molar-refractivity contribution in [2.45, 2.75) is 6.92 Å². The molecule has 0 aliphatic carbocycles. The molecule has 3 heterocycles. The maximum Gasteiger partial charge on any atom is 0.325 e. The molecule has 1 aliphatic heterocycles. The number of carbonyl (C=O) groups excluding carboxylic acids is 1. The lowest BCUT2D eigenvalue weighted by Gasteiger charge is -2.26. The van der Waals surface area contributed by atoms with Gasteiger partial charge in [0, 0.05) is 31.7 Å². The van der Waals surface area contributed by atoms with Gasteiger partial charge in [-0.2, -0.15) is 9.50 Å². The normalized spacial score (nSPS) is 15.3. The fraction of sp³-hybridized carbons (Fsp3) is 0.389. The first-order valence-electron chi connectivity index (χ1n) is 8.82. The molecule has 1 amide bonds. The Hall–Kier alpha value is -2.78. The number of rotatable bonds is 5. The Morgan fingerprint density at radius 3 is 2.70 bits per heavy atom. The summed E-state index contributed by atoms with van der Waals surface area (Å²) < 4.78 is 25.4. The average molecular weight is 373 g/mol. The molecule has 1 N–H and O–H groups in total. The van der Waals surface area contributed by atoms with Gasteiger partial charge >= 0.3 is 5.84 Å². The van der Waals surface area contributed by atoms with E-state index >= 15 is 0 Å². The zero-order valence-electron chi connectivity index (χ0n) is 14.9. The Kier molecular flexibility index (Phi) is 4.87. The average Bonchev–Trinajstić information content (AvgIpc) is 3.23. The first kappa shape index (κ1) is 17.6. The molecule has 1 fully saturated rings. The van der Waals surface area contributed by atoms with Crippen molar-refractivity contribution in [3.63, 3.8) is 0 Å². The number of aromatic nitrogens is 3. The van der Waals surface area contributed by atoms with Crippen LogP contribution >= 0.6 is 0 Å². The Balaban J connectivity index is 1.44. The zero-order chi connectivity index (χ0) is 18.8. The van der Waals surface area contributed by atoms with Crippen molar-refractivity contribution in [3.8, 4) is 11.4 Å². The van der Waals surface area contributed by atoms with E-state index in [1.165, 1.54) is 16.6 Å². The van der Waals surface area contributed by atoms with E-state index in [1.807, 2.05) is 0 Å². The van der Waals surface area contributed by atoms with Crippen LogP contribution in [0.15, 0.2) is 28.7 Å². The van der Waals surface area contributed by atoms with Gasteiger partial charge in [0.05, 0.1) is 18.9 Å². The van der Waals surface area contributed by atoms with E-state index in [2.05, 4.69) is 20.3 Å². The van der Waals surface area contributed by atoms with Crippen molar-refractivity contribution in [2.75, 3.05) is 39.4 Å². The van der Waals surface area contributed by atoms with E-state index in [4.69, 9.17) is 9.15 Å². The first-order chi connectivity index (χ1) is 13.1. The summed E-state index contributed by atoms with van der Waals surface area (Å²) in [5, 5.41) is 7.22. The zero-order valence-corrected chi connectivity index (χ0v) is 14.9. The number of benzene rings is 1. The second-order valence-corrected chi connectivity index (χ2v) is 6.36. The van der Waals surface area contributed by atoms with E-state index in [-0.39, 0.29) is 23.3 Å². The minimum Gasteiger partial charge on any atom is -0.416 e. The molecule has 1 aromatic carbocycles. The van der Waals surface area contributed by atoms with Crippen molar-refractivity contribution < 1.29 is 18.3 Å². The number of hydrogen-bond acceptors (Lipinski definition) is 6. The van der Waals surface area contributed by atoms with Crippen LogP contribution in [0, 0.1) is 12.7 Å². The first-order valence-corrected chi connectivity index (χ1v) is 8.82. The third kappa shape index (κ3) is 3.69. The van der Waals surface area contributed by atoms with Crippen molar-refractivity contribution in [1.82, 2.24) is 24.8 Å². The van der Waals surface area contributed by atoms with E-state index in [0.29, 0.717) is 23.6 Å². The summed E-state index contributed by atoms with van der Waals surface area (Å²) in [6.45, 7) is 6.24. The van der Waals surface area contributed by atoms with E-state index in [0.717, 1.165) is 32.8 Å². The van der Waals surface area contributed by atoms with Crippen molar-refractivity contribution in [3.05, 3.63) is 41.5 Å². The maximum absolute atomic E-state index is 13.1. The van der Waals surface area contributed by atoms with Gasteiger partial charge in [-0.05, 0) is 31.2 Å². The van der Waals surface area contributed by atoms with Crippen LogP contribution in [-0.4, -0.2) is 64.8 Å². The maximum atomic E-state index is 13.1. The smallest absolute Gasteiger partial charge is 0.325 e. The van der Waals surface area contributed by atoms with E-state index < -0.39 is 0 Å². The Morgan fingerprint density at radius 2 is 2.00 bits per heavy atom. The molecule has 0 atom stereocenters. The molecule has 0 radical (unpaired) electrons. The SMILES string of the molecule is Cc1c(C(=O)NCCN2CCOCC2)oc2nc(-c3ccc(F)cc3)nn12. The fourth-order valence-corrected chi connectivity index (χ4v) is 3.01. The van der Waals surface area contributed by atoms with Gasteiger partial charge in [0.15, 0.2) is 5.82 Å². The number of hydrogen-bond donors (Lipinski definition) is 1. The number of nitrogens with one attached hydrogen (secondary N) is 1. The third-order valence-electron chi connectivity index (χ3n) is 4.54. The molecule has 3 aromatic rings. The summed E-state index contributed by atoms with van der Waals surface area (Å²) in [5.74, 6) is 0.212. The summed E-state index contributed by atoms with van der Waals surface area (Å²) in [6.07, 6.45) is 0. The molecular formula is C18H20FN5O3. The van der Waals surface area contributed by atoms with Gasteiger partial charge in [0.2, 0.25) is 5.76 Å². The van der Waals surface area contributed by atoms with Gasteiger partial charge in [0.1, 0.15) is 5.82 Å². The Bertz CT molecular complexity index is 944. The molecule has 142 valence electrons. The minimum absolute atomic E-state index is 0.192. The summed E-state index contributed by atoms with van der Waals surface area (Å²) in [4.78, 5) is 18.9. The number of fused-ring (bicyclic) bond motifs is 1. The highest BCUT2D eigenvalue weighted by atomic mass is 19.1. The number of aryl methyl sites for hydroxylation is 1. The molecule has 9 heteroatoms. The molecular weight excluding hydrogens is 353 g/mol. The predicted octanol–water partition coefficient (Wildman–Crippen LogP) is 1.50. The molecule has 0 spiro atoms. The van der Waals surface area contributed by atoms with Crippen LogP contribution in [0.2, 0.25) is 0 Å². The largest absolute Gasteiger partial charge is 0.416 e. The lowest BCUT2D eigenvalue weighted by molar-refractivity contribution is 0.0382. The lowest BCUT2D eigenvalue weighted by atomic mass is 10.2. The molecule has 0 unspecified atom stereocenters. The molecule has 4 rings (SSSR count). The van der Waals surface area contributed by atoms with Gasteiger partial charge in [-0.25, -0.2) is 4.39 Å². The van der Waals surface area contributed by atoms with Crippen LogP contribution in [0.5, 0.6) is 0 Å². The fourth-order valence-electron chi connectivity index (χ4n) is 3.01. The van der Waals surface area contributed by atoms with Gasteiger partial charge in [-0.15, -0.1) is 5.10 Å². The van der Waals surface area contributed by atoms with Crippen molar-refractivity contribution in [2.24, 2.45) is 0 Å². The highest BCUT2D eigenvalue weighted by Crippen LogP contribution is 2.20. The number of morpholine rings is 1. The number of ether oxygens (including phenoxy) is 1. The highest BCUT2D eigenvalue weighted by molar-refractivity contribution is 5.92. The van der Waals surface area contributed by atoms with E-state index in [1.54, 1.807) is 19.1 Å². The number of carbonyl (C=O) groups is 1. The number of nitrogens with zero attached hydrogens (tertiary/aromatic N) is 4. The van der Waals surface area contributed by atoms with Gasteiger partial charge in [-0.3, -0.25) is 9.69 Å². The second-order valence-electron chi connectivity index (χ2n) is 6.36. The van der Waals surface area contributed by atoms with Crippen molar-refractivity contribution in [1.29, 1.82) is 0 Å². The van der Waals surface area contributed by atoms with Gasteiger partial charge in [-0.1, -0.05) is 0 Å². The molecule has 2 aromatic heterocycles. The van der Waals surface area contributed by atoms with Crippen LogP contribution in [0.4, 0.5) is 4.39 Å². The van der Waals surface area contributed by atoms with Crippen LogP contribution in [-0.2, 0) is 4.74 Å². The van der Waals surface area contributed by atoms with Crippen LogP contribution < -0.4 is 5.32 Å². The summed E-state index contributed by atoms with van der Waals surface area (Å²) in [5.41, 5.74) is 1.24. The molecule has 8 nitrogen and oxygen atoms in total. The number of amides is 1. The lowest BCUT2D eigenvalue weighted by Crippen LogP contribution is -2.41. The van der Waals surface area contributed by atoms with Crippen LogP contribution in [0.25, 0.3) is 17.2 Å². The van der Waals surface area contributed by atoms with Gasteiger partial charge in [0.25, 0.3) is 5.91 Å². The second kappa shape index (κ2) is 7.45. The summed E-state index contributed by atoms with van der Waals surface area (Å²) in [7, 11) is 0. The topological polar surface area (TPSA) is 84.9 Å². The van der Waals surface area contributed by atoms with E-state index in [9.17, 15) is 9.18 Å². The molecule has 0 bridgehead atoms. The standard InChI is InChI=1S/C18H20FN5O3/c1-12-15(17(25)20-6-7-23-8-10-26-11-9-23)27-18-21-16(22-24(12)18)13-2-4-14(19)5-3-13/h2-5H,6-11H2,1H3,(H,20,25). The molecule has 27 heavy (non-hydrogen) atoms. The quantitative estimate of drug-likeness (QED) is 0.730. The number of halogens is 1.